The highest BCUT2D eigenvalue weighted by Gasteiger charge is 2.05. The number of urea groups is 1. The van der Waals surface area contributed by atoms with Crippen LogP contribution in [0.15, 0.2) is 29.2 Å². The van der Waals surface area contributed by atoms with E-state index in [4.69, 9.17) is 4.74 Å². The van der Waals surface area contributed by atoms with Gasteiger partial charge in [0.05, 0.1) is 7.11 Å². The zero-order valence-electron chi connectivity index (χ0n) is 10.4. The highest BCUT2D eigenvalue weighted by molar-refractivity contribution is 7.99. The maximum absolute atomic E-state index is 11.3. The number of nitrogens with one attached hydrogen (secondary N) is 2. The zero-order chi connectivity index (χ0) is 13.4. The number of amides is 3. The molecule has 0 saturated heterocycles. The lowest BCUT2D eigenvalue weighted by molar-refractivity contribution is -0.119. The van der Waals surface area contributed by atoms with Gasteiger partial charge >= 0.3 is 6.03 Å². The molecule has 0 aliphatic rings. The van der Waals surface area contributed by atoms with Crippen molar-refractivity contribution in [1.82, 2.24) is 10.6 Å². The molecular weight excluding hydrogens is 252 g/mol. The molecule has 0 bridgehead atoms. The van der Waals surface area contributed by atoms with Crippen LogP contribution in [0.3, 0.4) is 0 Å². The molecular formula is C12H16N2O3S. The number of imide groups is 1. The molecule has 0 aromatic heterocycles. The van der Waals surface area contributed by atoms with Crippen LogP contribution < -0.4 is 15.4 Å². The second-order valence-corrected chi connectivity index (χ2v) is 4.57. The maximum atomic E-state index is 11.3. The van der Waals surface area contributed by atoms with Crippen molar-refractivity contribution in [3.05, 3.63) is 24.3 Å². The molecule has 0 saturated carbocycles. The molecule has 0 fully saturated rings. The molecule has 18 heavy (non-hydrogen) atoms. The van der Waals surface area contributed by atoms with Crippen LogP contribution >= 0.6 is 11.8 Å². The Hall–Kier alpha value is -1.69. The first-order valence-electron chi connectivity index (χ1n) is 5.44. The molecule has 0 aliphatic heterocycles. The second kappa shape index (κ2) is 7.60. The van der Waals surface area contributed by atoms with Gasteiger partial charge in [0, 0.05) is 24.1 Å². The summed E-state index contributed by atoms with van der Waals surface area (Å²) in [6, 6.07) is 7.12. The fourth-order valence-corrected chi connectivity index (χ4v) is 2.04. The number of benzene rings is 1. The van der Waals surface area contributed by atoms with Gasteiger partial charge in [0.25, 0.3) is 0 Å². The Balaban J connectivity index is 2.28. The largest absolute Gasteiger partial charge is 0.497 e. The molecule has 0 spiro atoms. The Morgan fingerprint density at radius 2 is 1.94 bits per heavy atom. The third kappa shape index (κ3) is 5.09. The topological polar surface area (TPSA) is 67.4 Å². The van der Waals surface area contributed by atoms with E-state index in [9.17, 15) is 9.59 Å². The Kier molecular flexibility index (Phi) is 6.07. The number of hydrogen-bond donors (Lipinski definition) is 2. The van der Waals surface area contributed by atoms with E-state index >= 15 is 0 Å². The van der Waals surface area contributed by atoms with Crippen LogP contribution in [0.5, 0.6) is 5.75 Å². The molecule has 1 rings (SSSR count). The number of methoxy groups -OCH3 is 1. The van der Waals surface area contributed by atoms with Crippen LogP contribution in [0.1, 0.15) is 6.42 Å². The molecule has 0 atom stereocenters. The minimum atomic E-state index is -0.477. The fourth-order valence-electron chi connectivity index (χ4n) is 1.19. The van der Waals surface area contributed by atoms with Crippen LogP contribution in [0.2, 0.25) is 0 Å². The predicted octanol–water partition coefficient (Wildman–Crippen LogP) is 1.63. The highest BCUT2D eigenvalue weighted by atomic mass is 32.2. The average molecular weight is 268 g/mol. The Morgan fingerprint density at radius 1 is 1.28 bits per heavy atom. The summed E-state index contributed by atoms with van der Waals surface area (Å²) in [6.45, 7) is 0. The number of thioether (sulfide) groups is 1. The Morgan fingerprint density at radius 3 is 2.50 bits per heavy atom. The Labute approximate surface area is 110 Å². The molecule has 98 valence electrons. The monoisotopic (exact) mass is 268 g/mol. The van der Waals surface area contributed by atoms with E-state index in [0.29, 0.717) is 12.2 Å². The summed E-state index contributed by atoms with van der Waals surface area (Å²) in [5.41, 5.74) is 0. The smallest absolute Gasteiger partial charge is 0.321 e. The molecule has 0 heterocycles. The van der Waals surface area contributed by atoms with E-state index in [2.05, 4.69) is 10.6 Å². The van der Waals surface area contributed by atoms with Gasteiger partial charge in [-0.1, -0.05) is 0 Å². The van der Waals surface area contributed by atoms with Gasteiger partial charge in [-0.05, 0) is 24.3 Å². The normalized spacial score (nSPS) is 9.67. The molecule has 1 aromatic rings. The van der Waals surface area contributed by atoms with Crippen LogP contribution in [0, 0.1) is 0 Å². The minimum Gasteiger partial charge on any atom is -0.497 e. The second-order valence-electron chi connectivity index (χ2n) is 3.40. The van der Waals surface area contributed by atoms with E-state index in [1.165, 1.54) is 7.05 Å². The average Bonchev–Trinajstić information content (AvgIpc) is 2.39. The van der Waals surface area contributed by atoms with Gasteiger partial charge in [-0.2, -0.15) is 0 Å². The van der Waals surface area contributed by atoms with E-state index in [0.717, 1.165) is 10.6 Å². The van der Waals surface area contributed by atoms with E-state index in [1.807, 2.05) is 24.3 Å². The van der Waals surface area contributed by atoms with Gasteiger partial charge in [-0.25, -0.2) is 4.79 Å². The molecule has 1 aromatic carbocycles. The summed E-state index contributed by atoms with van der Waals surface area (Å²) in [5, 5.41) is 4.54. The van der Waals surface area contributed by atoms with Gasteiger partial charge in [0.15, 0.2) is 0 Å². The van der Waals surface area contributed by atoms with Crippen LogP contribution in [0.4, 0.5) is 4.79 Å². The summed E-state index contributed by atoms with van der Waals surface area (Å²) < 4.78 is 5.05. The van der Waals surface area contributed by atoms with Crippen LogP contribution in [0.25, 0.3) is 0 Å². The highest BCUT2D eigenvalue weighted by Crippen LogP contribution is 2.21. The first-order valence-corrected chi connectivity index (χ1v) is 6.42. The molecule has 6 heteroatoms. The van der Waals surface area contributed by atoms with Crippen molar-refractivity contribution in [2.45, 2.75) is 11.3 Å². The van der Waals surface area contributed by atoms with Crippen molar-refractivity contribution in [3.63, 3.8) is 0 Å². The van der Waals surface area contributed by atoms with Crippen LogP contribution in [-0.2, 0) is 4.79 Å². The third-order valence-electron chi connectivity index (χ3n) is 2.14. The van der Waals surface area contributed by atoms with Crippen molar-refractivity contribution >= 4 is 23.7 Å². The summed E-state index contributed by atoms with van der Waals surface area (Å²) in [4.78, 5) is 23.2. The van der Waals surface area contributed by atoms with E-state index < -0.39 is 6.03 Å². The molecule has 3 amide bonds. The van der Waals surface area contributed by atoms with Crippen molar-refractivity contribution in [2.24, 2.45) is 0 Å². The fraction of sp³-hybridized carbons (Fsp3) is 0.333. The lowest BCUT2D eigenvalue weighted by atomic mass is 10.3. The van der Waals surface area contributed by atoms with E-state index in [1.54, 1.807) is 18.9 Å². The summed E-state index contributed by atoms with van der Waals surface area (Å²) in [6.07, 6.45) is 0.296. The minimum absolute atomic E-state index is 0.282. The number of hydrogen-bond acceptors (Lipinski definition) is 4. The summed E-state index contributed by atoms with van der Waals surface area (Å²) in [7, 11) is 3.08. The van der Waals surface area contributed by atoms with Gasteiger partial charge in [-0.3, -0.25) is 10.1 Å². The number of ether oxygens (including phenoxy) is 1. The van der Waals surface area contributed by atoms with Crippen LogP contribution in [-0.4, -0.2) is 31.8 Å². The third-order valence-corrected chi connectivity index (χ3v) is 3.15. The standard InChI is InChI=1S/C12H16N2O3S/c1-13-12(16)14-11(15)7-8-18-10-5-3-9(17-2)4-6-10/h3-6H,7-8H2,1-2H3,(H2,13,14,15,16). The lowest BCUT2D eigenvalue weighted by Crippen LogP contribution is -2.37. The summed E-state index contributed by atoms with van der Waals surface area (Å²) >= 11 is 1.55. The van der Waals surface area contributed by atoms with Gasteiger partial charge in [0.2, 0.25) is 5.91 Å². The molecule has 0 aliphatic carbocycles. The van der Waals surface area contributed by atoms with Crippen molar-refractivity contribution in [3.8, 4) is 5.75 Å². The molecule has 0 radical (unpaired) electrons. The predicted molar refractivity (Wildman–Crippen MR) is 70.9 cm³/mol. The molecule has 5 nitrogen and oxygen atoms in total. The van der Waals surface area contributed by atoms with Gasteiger partial charge in [-0.15, -0.1) is 11.8 Å². The Bertz CT molecular complexity index is 406. The summed E-state index contributed by atoms with van der Waals surface area (Å²) in [5.74, 6) is 1.14. The van der Waals surface area contributed by atoms with E-state index in [-0.39, 0.29) is 5.91 Å². The number of carbonyl (C=O) groups is 2. The van der Waals surface area contributed by atoms with Crippen molar-refractivity contribution in [1.29, 1.82) is 0 Å². The molecule has 2 N–H and O–H groups in total. The van der Waals surface area contributed by atoms with Crippen molar-refractivity contribution < 1.29 is 14.3 Å². The first kappa shape index (κ1) is 14.4. The lowest BCUT2D eigenvalue weighted by Gasteiger charge is -2.04. The zero-order valence-corrected chi connectivity index (χ0v) is 11.2. The van der Waals surface area contributed by atoms with Gasteiger partial charge < -0.3 is 10.1 Å². The maximum Gasteiger partial charge on any atom is 0.321 e. The first-order chi connectivity index (χ1) is 8.65. The quantitative estimate of drug-likeness (QED) is 0.797. The van der Waals surface area contributed by atoms with Crippen molar-refractivity contribution in [2.75, 3.05) is 19.9 Å². The molecule has 0 unspecified atom stereocenters. The number of rotatable bonds is 5. The van der Waals surface area contributed by atoms with Gasteiger partial charge in [0.1, 0.15) is 5.75 Å². The SMILES string of the molecule is CNC(=O)NC(=O)CCSc1ccc(OC)cc1. The number of carbonyl (C=O) groups excluding carboxylic acids is 2.